The quantitative estimate of drug-likeness (QED) is 0.814. The zero-order valence-electron chi connectivity index (χ0n) is 9.68. The smallest absolute Gasteiger partial charge is 0.317 e. The fraction of sp³-hybridized carbons (Fsp3) is 0.455. The Morgan fingerprint density at radius 1 is 1.53 bits per heavy atom. The molecule has 0 radical (unpaired) electrons. The second kappa shape index (κ2) is 6.90. The predicted molar refractivity (Wildman–Crippen MR) is 66.1 cm³/mol. The summed E-state index contributed by atoms with van der Waals surface area (Å²) in [5, 5.41) is 13.3. The number of urea groups is 1. The number of hydrogen-bond donors (Lipinski definition) is 2. The molecule has 0 unspecified atom stereocenters. The lowest BCUT2D eigenvalue weighted by Gasteiger charge is -2.20. The summed E-state index contributed by atoms with van der Waals surface area (Å²) in [6, 6.07) is 3.65. The number of carbonyl (C=O) groups is 2. The molecule has 0 atom stereocenters. The highest BCUT2D eigenvalue weighted by atomic mass is 32.1. The number of hydrogen-bond acceptors (Lipinski definition) is 3. The number of carbonyl (C=O) groups excluding carboxylic acids is 1. The molecule has 0 fully saturated rings. The van der Waals surface area contributed by atoms with E-state index in [9.17, 15) is 9.59 Å². The lowest BCUT2D eigenvalue weighted by molar-refractivity contribution is -0.137. The molecule has 0 saturated heterocycles. The molecule has 0 bridgehead atoms. The van der Waals surface area contributed by atoms with Crippen LogP contribution in [-0.4, -0.2) is 35.1 Å². The van der Waals surface area contributed by atoms with Crippen LogP contribution in [0.2, 0.25) is 0 Å². The van der Waals surface area contributed by atoms with E-state index in [1.54, 1.807) is 11.3 Å². The third kappa shape index (κ3) is 4.86. The van der Waals surface area contributed by atoms with Gasteiger partial charge < -0.3 is 15.3 Å². The molecule has 5 nitrogen and oxygen atoms in total. The van der Waals surface area contributed by atoms with Gasteiger partial charge >= 0.3 is 12.0 Å². The minimum Gasteiger partial charge on any atom is -0.481 e. The van der Waals surface area contributed by atoms with E-state index in [1.165, 1.54) is 4.90 Å². The van der Waals surface area contributed by atoms with E-state index in [0.29, 0.717) is 13.1 Å². The number of carboxylic acids is 1. The van der Waals surface area contributed by atoms with Gasteiger partial charge in [0.25, 0.3) is 0 Å². The molecule has 2 amide bonds. The summed E-state index contributed by atoms with van der Waals surface area (Å²) in [6.45, 7) is 3.05. The van der Waals surface area contributed by atoms with Gasteiger partial charge in [-0.25, -0.2) is 4.79 Å². The molecule has 6 heteroatoms. The number of nitrogens with one attached hydrogen (secondary N) is 1. The van der Waals surface area contributed by atoms with E-state index in [0.717, 1.165) is 4.88 Å². The Morgan fingerprint density at radius 3 is 2.82 bits per heavy atom. The van der Waals surface area contributed by atoms with Gasteiger partial charge in [0.2, 0.25) is 0 Å². The Hall–Kier alpha value is -1.56. The summed E-state index contributed by atoms with van der Waals surface area (Å²) in [5.41, 5.74) is 0. The molecule has 0 spiro atoms. The molecule has 0 saturated carbocycles. The fourth-order valence-electron chi connectivity index (χ4n) is 1.32. The average molecular weight is 256 g/mol. The first kappa shape index (κ1) is 13.5. The van der Waals surface area contributed by atoms with Crippen molar-refractivity contribution >= 4 is 23.3 Å². The molecular weight excluding hydrogens is 240 g/mol. The van der Waals surface area contributed by atoms with Crippen molar-refractivity contribution < 1.29 is 14.7 Å². The number of rotatable bonds is 6. The Bertz CT molecular complexity index is 365. The van der Waals surface area contributed by atoms with Gasteiger partial charge in [-0.1, -0.05) is 6.07 Å². The first-order valence-corrected chi connectivity index (χ1v) is 6.28. The molecule has 2 N–H and O–H groups in total. The summed E-state index contributed by atoms with van der Waals surface area (Å²) in [6.07, 6.45) is -0.0275. The van der Waals surface area contributed by atoms with Crippen LogP contribution in [0.25, 0.3) is 0 Å². The predicted octanol–water partition coefficient (Wildman–Crippen LogP) is 1.75. The molecule has 1 aromatic rings. The highest BCUT2D eigenvalue weighted by Crippen LogP contribution is 2.07. The first-order valence-electron chi connectivity index (χ1n) is 5.40. The highest BCUT2D eigenvalue weighted by Gasteiger charge is 2.12. The average Bonchev–Trinajstić information content (AvgIpc) is 2.79. The topological polar surface area (TPSA) is 69.6 Å². The van der Waals surface area contributed by atoms with Crippen LogP contribution >= 0.6 is 11.3 Å². The van der Waals surface area contributed by atoms with Gasteiger partial charge in [-0.15, -0.1) is 11.3 Å². The second-order valence-electron chi connectivity index (χ2n) is 3.46. The normalized spacial score (nSPS) is 9.94. The van der Waals surface area contributed by atoms with Gasteiger partial charge in [-0.05, 0) is 18.4 Å². The van der Waals surface area contributed by atoms with Crippen LogP contribution in [0.3, 0.4) is 0 Å². The third-order valence-electron chi connectivity index (χ3n) is 2.26. The van der Waals surface area contributed by atoms with Crippen LogP contribution < -0.4 is 5.32 Å². The molecule has 0 aromatic carbocycles. The third-order valence-corrected chi connectivity index (χ3v) is 3.13. The summed E-state index contributed by atoms with van der Waals surface area (Å²) in [7, 11) is 0. The van der Waals surface area contributed by atoms with Crippen LogP contribution in [0.1, 0.15) is 18.2 Å². The Kier molecular flexibility index (Phi) is 5.48. The molecule has 1 heterocycles. The van der Waals surface area contributed by atoms with Crippen molar-refractivity contribution in [2.75, 3.05) is 13.1 Å². The van der Waals surface area contributed by atoms with Crippen LogP contribution in [0, 0.1) is 0 Å². The maximum atomic E-state index is 11.7. The van der Waals surface area contributed by atoms with Crippen LogP contribution in [-0.2, 0) is 11.3 Å². The van der Waals surface area contributed by atoms with Crippen molar-refractivity contribution in [3.8, 4) is 0 Å². The van der Waals surface area contributed by atoms with Gasteiger partial charge in [0, 0.05) is 18.0 Å². The van der Waals surface area contributed by atoms with Gasteiger partial charge in [0.15, 0.2) is 0 Å². The van der Waals surface area contributed by atoms with Gasteiger partial charge in [-0.2, -0.15) is 0 Å². The maximum absolute atomic E-state index is 11.7. The largest absolute Gasteiger partial charge is 0.481 e. The molecule has 0 aliphatic rings. The minimum atomic E-state index is -0.894. The summed E-state index contributed by atoms with van der Waals surface area (Å²) >= 11 is 1.58. The summed E-state index contributed by atoms with van der Waals surface area (Å²) in [5.74, 6) is -0.894. The fourth-order valence-corrected chi connectivity index (χ4v) is 1.97. The van der Waals surface area contributed by atoms with Gasteiger partial charge in [0.1, 0.15) is 0 Å². The summed E-state index contributed by atoms with van der Waals surface area (Å²) < 4.78 is 0. The molecule has 17 heavy (non-hydrogen) atoms. The number of nitrogens with zero attached hydrogens (tertiary/aromatic N) is 1. The Balaban J connectivity index is 2.35. The summed E-state index contributed by atoms with van der Waals surface area (Å²) in [4.78, 5) is 24.7. The van der Waals surface area contributed by atoms with Crippen LogP contribution in [0.5, 0.6) is 0 Å². The molecule has 1 aromatic heterocycles. The Morgan fingerprint density at radius 2 is 2.29 bits per heavy atom. The molecule has 0 aliphatic carbocycles. The van der Waals surface area contributed by atoms with Crippen LogP contribution in [0.4, 0.5) is 4.79 Å². The zero-order chi connectivity index (χ0) is 12.7. The molecular formula is C11H16N2O3S. The maximum Gasteiger partial charge on any atom is 0.317 e. The van der Waals surface area contributed by atoms with E-state index in [1.807, 2.05) is 24.4 Å². The first-order chi connectivity index (χ1) is 8.13. The standard InChI is InChI=1S/C11H16N2O3S/c1-2-13(6-5-10(14)15)11(16)12-8-9-4-3-7-17-9/h3-4,7H,2,5-6,8H2,1H3,(H,12,16)(H,14,15). The number of aliphatic carboxylic acids is 1. The SMILES string of the molecule is CCN(CCC(=O)O)C(=O)NCc1cccs1. The zero-order valence-corrected chi connectivity index (χ0v) is 10.5. The number of amides is 2. The van der Waals surface area contributed by atoms with E-state index in [-0.39, 0.29) is 19.0 Å². The van der Waals surface area contributed by atoms with Crippen LogP contribution in [0.15, 0.2) is 17.5 Å². The van der Waals surface area contributed by atoms with E-state index in [2.05, 4.69) is 5.32 Å². The van der Waals surface area contributed by atoms with E-state index < -0.39 is 5.97 Å². The molecule has 0 aliphatic heterocycles. The molecule has 1 rings (SSSR count). The highest BCUT2D eigenvalue weighted by molar-refractivity contribution is 7.09. The van der Waals surface area contributed by atoms with Crippen molar-refractivity contribution in [3.05, 3.63) is 22.4 Å². The van der Waals surface area contributed by atoms with Crippen molar-refractivity contribution in [1.82, 2.24) is 10.2 Å². The van der Waals surface area contributed by atoms with Crippen molar-refractivity contribution in [3.63, 3.8) is 0 Å². The lowest BCUT2D eigenvalue weighted by Crippen LogP contribution is -2.40. The van der Waals surface area contributed by atoms with Crippen molar-refractivity contribution in [2.45, 2.75) is 19.9 Å². The lowest BCUT2D eigenvalue weighted by atomic mass is 10.4. The Labute approximate surface area is 104 Å². The minimum absolute atomic E-state index is 0.0275. The van der Waals surface area contributed by atoms with Gasteiger partial charge in [0.05, 0.1) is 13.0 Å². The van der Waals surface area contributed by atoms with Gasteiger partial charge in [-0.3, -0.25) is 4.79 Å². The second-order valence-corrected chi connectivity index (χ2v) is 4.49. The van der Waals surface area contributed by atoms with E-state index in [4.69, 9.17) is 5.11 Å². The van der Waals surface area contributed by atoms with Crippen molar-refractivity contribution in [2.24, 2.45) is 0 Å². The van der Waals surface area contributed by atoms with E-state index >= 15 is 0 Å². The van der Waals surface area contributed by atoms with Crippen molar-refractivity contribution in [1.29, 1.82) is 0 Å². The number of thiophene rings is 1. The monoisotopic (exact) mass is 256 g/mol. The number of carboxylic acid groups (broad SMARTS) is 1. The molecule has 94 valence electrons.